The van der Waals surface area contributed by atoms with Crippen molar-refractivity contribution in [1.29, 1.82) is 0 Å². The summed E-state index contributed by atoms with van der Waals surface area (Å²) >= 11 is 0. The van der Waals surface area contributed by atoms with Crippen molar-refractivity contribution >= 4 is 11.7 Å². The summed E-state index contributed by atoms with van der Waals surface area (Å²) in [6, 6.07) is 0. The molecule has 0 fully saturated rings. The second-order valence-electron chi connectivity index (χ2n) is 4.31. The van der Waals surface area contributed by atoms with Crippen molar-refractivity contribution < 1.29 is 10.0 Å². The third-order valence-electron chi connectivity index (χ3n) is 2.82. The normalized spacial score (nSPS) is 13.2. The number of carbonyl (C=O) groups excluding carboxylic acids is 1. The van der Waals surface area contributed by atoms with Gasteiger partial charge in [0.2, 0.25) is 5.91 Å². The molecule has 4 N–H and O–H groups in total. The van der Waals surface area contributed by atoms with Crippen molar-refractivity contribution in [3.05, 3.63) is 18.7 Å². The van der Waals surface area contributed by atoms with Gasteiger partial charge < -0.3 is 20.8 Å². The molecule has 1 heterocycles. The molecule has 0 saturated carbocycles. The fourth-order valence-electron chi connectivity index (χ4n) is 1.79. The molecule has 0 aliphatic carbocycles. The lowest BCUT2D eigenvalue weighted by Gasteiger charge is -2.14. The summed E-state index contributed by atoms with van der Waals surface area (Å²) in [5.41, 5.74) is 5.51. The van der Waals surface area contributed by atoms with Crippen LogP contribution in [0.4, 0.5) is 0 Å². The number of imidazole rings is 1. The number of nitrogens with one attached hydrogen (secondary N) is 1. The van der Waals surface area contributed by atoms with Crippen LogP contribution in [0.2, 0.25) is 0 Å². The van der Waals surface area contributed by atoms with Gasteiger partial charge in [-0.05, 0) is 12.8 Å². The van der Waals surface area contributed by atoms with Crippen LogP contribution in [0.3, 0.4) is 0 Å². The first-order valence-electron chi connectivity index (χ1n) is 6.40. The van der Waals surface area contributed by atoms with E-state index < -0.39 is 5.92 Å². The fourth-order valence-corrected chi connectivity index (χ4v) is 1.79. The second-order valence-corrected chi connectivity index (χ2v) is 4.31. The summed E-state index contributed by atoms with van der Waals surface area (Å²) < 4.78 is 1.94. The van der Waals surface area contributed by atoms with E-state index >= 15 is 0 Å². The average molecular weight is 267 g/mol. The molecule has 0 saturated heterocycles. The van der Waals surface area contributed by atoms with Crippen LogP contribution in [0.25, 0.3) is 0 Å². The van der Waals surface area contributed by atoms with Gasteiger partial charge in [0.15, 0.2) is 5.84 Å². The van der Waals surface area contributed by atoms with Crippen molar-refractivity contribution in [3.63, 3.8) is 0 Å². The Kier molecular flexibility index (Phi) is 6.42. The highest BCUT2D eigenvalue weighted by Gasteiger charge is 2.21. The Morgan fingerprint density at radius 2 is 2.42 bits per heavy atom. The number of amides is 1. The van der Waals surface area contributed by atoms with Gasteiger partial charge in [-0.2, -0.15) is 0 Å². The molecule has 0 aliphatic heterocycles. The van der Waals surface area contributed by atoms with Crippen LogP contribution in [0.5, 0.6) is 0 Å². The van der Waals surface area contributed by atoms with Crippen LogP contribution in [0.1, 0.15) is 26.2 Å². The lowest BCUT2D eigenvalue weighted by atomic mass is 10.0. The molecular weight excluding hydrogens is 246 g/mol. The molecular formula is C12H21N5O2. The van der Waals surface area contributed by atoms with Gasteiger partial charge in [0.1, 0.15) is 0 Å². The molecule has 1 rings (SSSR count). The van der Waals surface area contributed by atoms with E-state index in [0.717, 1.165) is 19.4 Å². The maximum absolute atomic E-state index is 11.9. The van der Waals surface area contributed by atoms with E-state index in [-0.39, 0.29) is 11.7 Å². The first-order chi connectivity index (χ1) is 9.19. The molecule has 7 heteroatoms. The molecule has 19 heavy (non-hydrogen) atoms. The third kappa shape index (κ3) is 4.99. The van der Waals surface area contributed by atoms with Crippen LogP contribution >= 0.6 is 0 Å². The predicted octanol–water partition coefficient (Wildman–Crippen LogP) is 0.552. The first-order valence-corrected chi connectivity index (χ1v) is 6.40. The highest BCUT2D eigenvalue weighted by molar-refractivity contribution is 6.01. The zero-order valence-electron chi connectivity index (χ0n) is 11.1. The van der Waals surface area contributed by atoms with Crippen molar-refractivity contribution in [2.75, 3.05) is 6.54 Å². The van der Waals surface area contributed by atoms with E-state index in [1.54, 1.807) is 12.5 Å². The monoisotopic (exact) mass is 267 g/mol. The van der Waals surface area contributed by atoms with E-state index in [9.17, 15) is 4.79 Å². The van der Waals surface area contributed by atoms with Crippen LogP contribution in [0.15, 0.2) is 23.9 Å². The van der Waals surface area contributed by atoms with E-state index in [4.69, 9.17) is 10.9 Å². The second kappa shape index (κ2) is 8.12. The number of amidine groups is 1. The third-order valence-corrected chi connectivity index (χ3v) is 2.82. The number of nitrogens with two attached hydrogens (primary N) is 1. The maximum Gasteiger partial charge on any atom is 0.230 e. The van der Waals surface area contributed by atoms with Gasteiger partial charge in [-0.3, -0.25) is 4.79 Å². The summed E-state index contributed by atoms with van der Waals surface area (Å²) in [4.78, 5) is 15.8. The largest absolute Gasteiger partial charge is 0.409 e. The summed E-state index contributed by atoms with van der Waals surface area (Å²) in [7, 11) is 0. The Labute approximate surface area is 112 Å². The number of hydrogen-bond donors (Lipinski definition) is 3. The summed E-state index contributed by atoms with van der Waals surface area (Å²) in [5.74, 6) is -0.778. The number of hydrogen-bond acceptors (Lipinski definition) is 4. The quantitative estimate of drug-likeness (QED) is 0.210. The number of aromatic nitrogens is 2. The van der Waals surface area contributed by atoms with Crippen LogP contribution < -0.4 is 11.1 Å². The standard InChI is InChI=1S/C12H21N5O2/c1-2-4-10(11(13)16-19)12(18)15-5-3-7-17-8-6-14-9-17/h6,8-10,19H,2-5,7H2,1H3,(H2,13,16)(H,15,18). The fraction of sp³-hybridized carbons (Fsp3) is 0.583. The minimum Gasteiger partial charge on any atom is -0.409 e. The molecule has 1 aromatic heterocycles. The Bertz CT molecular complexity index is 402. The van der Waals surface area contributed by atoms with Crippen LogP contribution in [-0.2, 0) is 11.3 Å². The van der Waals surface area contributed by atoms with Gasteiger partial charge in [-0.1, -0.05) is 18.5 Å². The average Bonchev–Trinajstić information content (AvgIpc) is 2.93. The number of oxime groups is 1. The lowest BCUT2D eigenvalue weighted by Crippen LogP contribution is -2.39. The van der Waals surface area contributed by atoms with Crippen molar-refractivity contribution in [1.82, 2.24) is 14.9 Å². The highest BCUT2D eigenvalue weighted by Crippen LogP contribution is 2.06. The minimum atomic E-state index is -0.553. The zero-order chi connectivity index (χ0) is 14.1. The number of rotatable bonds is 8. The van der Waals surface area contributed by atoms with Gasteiger partial charge in [0.05, 0.1) is 12.2 Å². The minimum absolute atomic E-state index is 0.0334. The van der Waals surface area contributed by atoms with Crippen molar-refractivity contribution in [3.8, 4) is 0 Å². The molecule has 1 amide bonds. The van der Waals surface area contributed by atoms with Gasteiger partial charge in [-0.25, -0.2) is 4.98 Å². The number of aryl methyl sites for hydroxylation is 1. The van der Waals surface area contributed by atoms with Crippen molar-refractivity contribution in [2.24, 2.45) is 16.8 Å². The van der Waals surface area contributed by atoms with Crippen LogP contribution in [-0.4, -0.2) is 33.0 Å². The van der Waals surface area contributed by atoms with Gasteiger partial charge in [-0.15, -0.1) is 0 Å². The van der Waals surface area contributed by atoms with Gasteiger partial charge >= 0.3 is 0 Å². The molecule has 0 aromatic carbocycles. The molecule has 0 spiro atoms. The van der Waals surface area contributed by atoms with Gasteiger partial charge in [0, 0.05) is 25.5 Å². The molecule has 1 unspecified atom stereocenters. The van der Waals surface area contributed by atoms with E-state index in [0.29, 0.717) is 13.0 Å². The maximum atomic E-state index is 11.9. The van der Waals surface area contributed by atoms with Crippen molar-refractivity contribution in [2.45, 2.75) is 32.7 Å². The lowest BCUT2D eigenvalue weighted by molar-refractivity contribution is -0.123. The number of carbonyl (C=O) groups is 1. The Morgan fingerprint density at radius 1 is 1.63 bits per heavy atom. The molecule has 1 aromatic rings. The van der Waals surface area contributed by atoms with E-state index in [1.807, 2.05) is 17.7 Å². The molecule has 106 valence electrons. The molecule has 1 atom stereocenters. The molecule has 0 bridgehead atoms. The van der Waals surface area contributed by atoms with Crippen LogP contribution in [0, 0.1) is 5.92 Å². The van der Waals surface area contributed by atoms with E-state index in [2.05, 4.69) is 15.5 Å². The predicted molar refractivity (Wildman–Crippen MR) is 71.7 cm³/mol. The Morgan fingerprint density at radius 3 is 3.00 bits per heavy atom. The summed E-state index contributed by atoms with van der Waals surface area (Å²) in [5, 5.41) is 14.4. The van der Waals surface area contributed by atoms with Gasteiger partial charge in [0.25, 0.3) is 0 Å². The zero-order valence-corrected chi connectivity index (χ0v) is 11.1. The molecule has 7 nitrogen and oxygen atoms in total. The molecule has 0 radical (unpaired) electrons. The number of nitrogens with zero attached hydrogens (tertiary/aromatic N) is 3. The first kappa shape index (κ1) is 15.0. The smallest absolute Gasteiger partial charge is 0.230 e. The summed E-state index contributed by atoms with van der Waals surface area (Å²) in [6.45, 7) is 3.29. The topological polar surface area (TPSA) is 106 Å². The Hall–Kier alpha value is -2.05. The highest BCUT2D eigenvalue weighted by atomic mass is 16.4. The Balaban J connectivity index is 2.32. The molecule has 0 aliphatic rings. The SMILES string of the molecule is CCCC(C(=O)NCCCn1ccnc1)C(N)=NO. The summed E-state index contributed by atoms with van der Waals surface area (Å²) in [6.07, 6.45) is 7.49. The van der Waals surface area contributed by atoms with E-state index in [1.165, 1.54) is 0 Å².